The molecule has 0 heterocycles. The Balaban J connectivity index is 1.42. The molecule has 0 spiro atoms. The summed E-state index contributed by atoms with van der Waals surface area (Å²) in [6, 6.07) is 0. The standard InChI is InChI=1S/C28H46O2/c1-18(2)7-6-8-19(3)26-13-14-27-25-11-9-21-17-22(30-20(4)29)10-12-23(21)24(25)15-16-28(26,27)5/h6,8,18-19,21-27H,7,9-17H2,1-5H3/b8-6+/t19-,21+,22+,23-,24+,25-,26+,27+,28+/m0/s1. The van der Waals surface area contributed by atoms with Gasteiger partial charge in [-0.15, -0.1) is 0 Å². The lowest BCUT2D eigenvalue weighted by Crippen LogP contribution is -2.49. The molecule has 0 aliphatic heterocycles. The lowest BCUT2D eigenvalue weighted by molar-refractivity contribution is -0.152. The Labute approximate surface area is 185 Å². The van der Waals surface area contributed by atoms with Gasteiger partial charge in [0, 0.05) is 6.92 Å². The predicted molar refractivity (Wildman–Crippen MR) is 124 cm³/mol. The van der Waals surface area contributed by atoms with Crippen LogP contribution in [-0.2, 0) is 9.53 Å². The second-order valence-electron chi connectivity index (χ2n) is 12.1. The number of fused-ring (bicyclic) bond motifs is 5. The van der Waals surface area contributed by atoms with Gasteiger partial charge in [-0.05, 0) is 117 Å². The summed E-state index contributed by atoms with van der Waals surface area (Å²) in [5.74, 6) is 6.87. The van der Waals surface area contributed by atoms with E-state index in [4.69, 9.17) is 4.74 Å². The van der Waals surface area contributed by atoms with Gasteiger partial charge in [0.15, 0.2) is 0 Å². The normalized spacial score (nSPS) is 44.4. The third-order valence-corrected chi connectivity index (χ3v) is 9.99. The lowest BCUT2D eigenvalue weighted by Gasteiger charge is -2.56. The molecule has 4 rings (SSSR count). The van der Waals surface area contributed by atoms with E-state index in [0.717, 1.165) is 60.2 Å². The van der Waals surface area contributed by atoms with Gasteiger partial charge in [0.1, 0.15) is 6.10 Å². The summed E-state index contributed by atoms with van der Waals surface area (Å²) < 4.78 is 5.60. The molecule has 0 radical (unpaired) electrons. The van der Waals surface area contributed by atoms with E-state index >= 15 is 0 Å². The summed E-state index contributed by atoms with van der Waals surface area (Å²) >= 11 is 0. The third-order valence-electron chi connectivity index (χ3n) is 9.99. The van der Waals surface area contributed by atoms with Crippen LogP contribution in [0, 0.1) is 52.8 Å². The van der Waals surface area contributed by atoms with E-state index in [1.165, 1.54) is 51.4 Å². The molecule has 0 saturated heterocycles. The molecule has 0 aromatic carbocycles. The van der Waals surface area contributed by atoms with Crippen molar-refractivity contribution < 1.29 is 9.53 Å². The van der Waals surface area contributed by atoms with Crippen LogP contribution in [0.3, 0.4) is 0 Å². The molecular formula is C28H46O2. The van der Waals surface area contributed by atoms with Crippen molar-refractivity contribution in [2.24, 2.45) is 52.8 Å². The van der Waals surface area contributed by atoms with E-state index in [2.05, 4.69) is 39.8 Å². The zero-order chi connectivity index (χ0) is 21.5. The largest absolute Gasteiger partial charge is 0.463 e. The second kappa shape index (κ2) is 8.99. The van der Waals surface area contributed by atoms with Crippen LogP contribution in [-0.4, -0.2) is 12.1 Å². The topological polar surface area (TPSA) is 26.3 Å². The fourth-order valence-corrected chi connectivity index (χ4v) is 8.76. The summed E-state index contributed by atoms with van der Waals surface area (Å²) in [6.07, 6.45) is 18.6. The Hall–Kier alpha value is -0.790. The van der Waals surface area contributed by atoms with Gasteiger partial charge in [-0.2, -0.15) is 0 Å². The van der Waals surface area contributed by atoms with Gasteiger partial charge >= 0.3 is 5.97 Å². The first kappa shape index (κ1) is 22.4. The molecule has 0 amide bonds. The number of carbonyl (C=O) groups excluding carboxylic acids is 1. The van der Waals surface area contributed by atoms with Crippen LogP contribution in [0.5, 0.6) is 0 Å². The molecular weight excluding hydrogens is 368 g/mol. The van der Waals surface area contributed by atoms with E-state index < -0.39 is 0 Å². The zero-order valence-corrected chi connectivity index (χ0v) is 20.2. The van der Waals surface area contributed by atoms with Crippen LogP contribution in [0.15, 0.2) is 12.2 Å². The summed E-state index contributed by atoms with van der Waals surface area (Å²) in [5.41, 5.74) is 0.560. The van der Waals surface area contributed by atoms with E-state index in [0.29, 0.717) is 5.41 Å². The van der Waals surface area contributed by atoms with Crippen LogP contribution in [0.2, 0.25) is 0 Å². The molecule has 0 aromatic heterocycles. The van der Waals surface area contributed by atoms with E-state index in [1.807, 2.05) is 0 Å². The Bertz CT molecular complexity index is 637. The van der Waals surface area contributed by atoms with Gasteiger partial charge in [0.25, 0.3) is 0 Å². The monoisotopic (exact) mass is 414 g/mol. The van der Waals surface area contributed by atoms with Crippen LogP contribution in [0.4, 0.5) is 0 Å². The maximum absolute atomic E-state index is 11.4. The van der Waals surface area contributed by atoms with Crippen molar-refractivity contribution in [3.63, 3.8) is 0 Å². The minimum Gasteiger partial charge on any atom is -0.463 e. The van der Waals surface area contributed by atoms with Gasteiger partial charge in [-0.3, -0.25) is 4.79 Å². The number of carbonyl (C=O) groups is 1. The summed E-state index contributed by atoms with van der Waals surface area (Å²) in [6.45, 7) is 11.4. The SMILES string of the molecule is CC(=O)O[C@@H]1CC[C@H]2[C@H](CC[C@H]3[C@@H]2CC[C@@]2(C)[C@@H]3CC[C@@H]2[C@@H](C)/C=C/CC(C)C)C1. The quantitative estimate of drug-likeness (QED) is 0.345. The van der Waals surface area contributed by atoms with Crippen molar-refractivity contribution in [3.05, 3.63) is 12.2 Å². The van der Waals surface area contributed by atoms with E-state index in [-0.39, 0.29) is 12.1 Å². The van der Waals surface area contributed by atoms with Crippen molar-refractivity contribution in [1.82, 2.24) is 0 Å². The van der Waals surface area contributed by atoms with Crippen LogP contribution in [0.1, 0.15) is 98.8 Å². The molecule has 4 aliphatic carbocycles. The molecule has 2 heteroatoms. The maximum Gasteiger partial charge on any atom is 0.302 e. The van der Waals surface area contributed by atoms with Gasteiger partial charge in [-0.25, -0.2) is 0 Å². The highest BCUT2D eigenvalue weighted by atomic mass is 16.5. The highest BCUT2D eigenvalue weighted by molar-refractivity contribution is 5.66. The molecule has 4 aliphatic rings. The Morgan fingerprint density at radius 2 is 1.77 bits per heavy atom. The van der Waals surface area contributed by atoms with Gasteiger partial charge in [0.2, 0.25) is 0 Å². The fraction of sp³-hybridized carbons (Fsp3) is 0.893. The second-order valence-corrected chi connectivity index (χ2v) is 12.1. The van der Waals surface area contributed by atoms with Gasteiger partial charge in [-0.1, -0.05) is 39.8 Å². The van der Waals surface area contributed by atoms with Crippen LogP contribution in [0.25, 0.3) is 0 Å². The fourth-order valence-electron chi connectivity index (χ4n) is 8.76. The smallest absolute Gasteiger partial charge is 0.302 e. The molecule has 2 nitrogen and oxygen atoms in total. The lowest BCUT2D eigenvalue weighted by atomic mass is 9.49. The number of ether oxygens (including phenoxy) is 1. The molecule has 0 bridgehead atoms. The zero-order valence-electron chi connectivity index (χ0n) is 20.2. The van der Waals surface area contributed by atoms with Crippen molar-refractivity contribution in [1.29, 1.82) is 0 Å². The molecule has 30 heavy (non-hydrogen) atoms. The van der Waals surface area contributed by atoms with Crippen molar-refractivity contribution in [2.75, 3.05) is 0 Å². The highest BCUT2D eigenvalue weighted by Crippen LogP contribution is 2.65. The number of allylic oxidation sites excluding steroid dienone is 2. The molecule has 9 atom stereocenters. The molecule has 170 valence electrons. The summed E-state index contributed by atoms with van der Waals surface area (Å²) in [7, 11) is 0. The predicted octanol–water partition coefficient (Wildman–Crippen LogP) is 7.43. The minimum atomic E-state index is -0.0888. The van der Waals surface area contributed by atoms with Crippen LogP contribution >= 0.6 is 0 Å². The first-order chi connectivity index (χ1) is 14.3. The average molecular weight is 415 g/mol. The first-order valence-electron chi connectivity index (χ1n) is 13.1. The van der Waals surface area contributed by atoms with Gasteiger partial charge < -0.3 is 4.74 Å². The Kier molecular flexibility index (Phi) is 6.71. The molecule has 4 fully saturated rings. The van der Waals surface area contributed by atoms with Gasteiger partial charge in [0.05, 0.1) is 0 Å². The molecule has 0 N–H and O–H groups in total. The Morgan fingerprint density at radius 3 is 2.50 bits per heavy atom. The van der Waals surface area contributed by atoms with Crippen molar-refractivity contribution in [2.45, 2.75) is 105 Å². The first-order valence-corrected chi connectivity index (χ1v) is 13.1. The number of esters is 1. The molecule has 0 unspecified atom stereocenters. The van der Waals surface area contributed by atoms with E-state index in [9.17, 15) is 4.79 Å². The number of hydrogen-bond donors (Lipinski definition) is 0. The third kappa shape index (κ3) is 4.26. The summed E-state index contributed by atoms with van der Waals surface area (Å²) in [4.78, 5) is 11.4. The van der Waals surface area contributed by atoms with Crippen molar-refractivity contribution in [3.8, 4) is 0 Å². The highest BCUT2D eigenvalue weighted by Gasteiger charge is 2.57. The average Bonchev–Trinajstić information content (AvgIpc) is 3.04. The van der Waals surface area contributed by atoms with E-state index in [1.54, 1.807) is 6.92 Å². The van der Waals surface area contributed by atoms with Crippen LogP contribution < -0.4 is 0 Å². The minimum absolute atomic E-state index is 0.0888. The number of hydrogen-bond acceptors (Lipinski definition) is 2. The molecule has 0 aromatic rings. The molecule has 4 saturated carbocycles. The van der Waals surface area contributed by atoms with Crippen molar-refractivity contribution >= 4 is 5.97 Å². The Morgan fingerprint density at radius 1 is 1.00 bits per heavy atom. The number of rotatable bonds is 5. The maximum atomic E-state index is 11.4. The summed E-state index contributed by atoms with van der Waals surface area (Å²) in [5, 5.41) is 0.